The molecule has 0 radical (unpaired) electrons. The van der Waals surface area contributed by atoms with Gasteiger partial charge in [-0.3, -0.25) is 10.1 Å². The van der Waals surface area contributed by atoms with Crippen molar-refractivity contribution in [1.82, 2.24) is 5.32 Å². The second-order valence-electron chi connectivity index (χ2n) is 4.92. The Morgan fingerprint density at radius 3 is 2.63 bits per heavy atom. The third kappa shape index (κ3) is 3.65. The van der Waals surface area contributed by atoms with E-state index >= 15 is 0 Å². The van der Waals surface area contributed by atoms with Crippen molar-refractivity contribution in [2.75, 3.05) is 13.1 Å². The molecule has 0 bridgehead atoms. The maximum absolute atomic E-state index is 10.9. The number of benzene rings is 1. The summed E-state index contributed by atoms with van der Waals surface area (Å²) in [5.41, 5.74) is 7.96. The van der Waals surface area contributed by atoms with Gasteiger partial charge in [0.1, 0.15) is 0 Å². The van der Waals surface area contributed by atoms with Crippen LogP contribution in [0.2, 0.25) is 0 Å². The molecular weight excluding hydrogens is 266 g/mol. The molecule has 1 aliphatic heterocycles. The summed E-state index contributed by atoms with van der Waals surface area (Å²) in [6.07, 6.45) is 2.06. The van der Waals surface area contributed by atoms with E-state index in [2.05, 4.69) is 5.32 Å². The van der Waals surface area contributed by atoms with Crippen molar-refractivity contribution in [3.05, 3.63) is 39.4 Å². The molecule has 1 heterocycles. The fraction of sp³-hybridized carbons (Fsp3) is 0.538. The van der Waals surface area contributed by atoms with Crippen molar-refractivity contribution in [3.8, 4) is 0 Å². The fourth-order valence-electron chi connectivity index (χ4n) is 2.51. The molecule has 19 heavy (non-hydrogen) atoms. The van der Waals surface area contributed by atoms with Crippen LogP contribution in [0.1, 0.15) is 30.0 Å². The van der Waals surface area contributed by atoms with E-state index in [-0.39, 0.29) is 29.1 Å². The zero-order valence-electron chi connectivity index (χ0n) is 11.0. The van der Waals surface area contributed by atoms with Gasteiger partial charge in [0.2, 0.25) is 0 Å². The number of halogens is 1. The minimum atomic E-state index is -0.339. The van der Waals surface area contributed by atoms with Gasteiger partial charge < -0.3 is 11.1 Å². The van der Waals surface area contributed by atoms with Crippen LogP contribution in [0.4, 0.5) is 5.69 Å². The van der Waals surface area contributed by atoms with Crippen LogP contribution < -0.4 is 11.1 Å². The van der Waals surface area contributed by atoms with E-state index in [1.807, 2.05) is 6.07 Å². The lowest BCUT2D eigenvalue weighted by Gasteiger charge is -2.28. The van der Waals surface area contributed by atoms with Crippen LogP contribution in [0.25, 0.3) is 0 Å². The topological polar surface area (TPSA) is 81.2 Å². The molecule has 1 aromatic rings. The van der Waals surface area contributed by atoms with Crippen LogP contribution >= 0.6 is 12.4 Å². The summed E-state index contributed by atoms with van der Waals surface area (Å²) < 4.78 is 0. The van der Waals surface area contributed by atoms with E-state index < -0.39 is 0 Å². The Morgan fingerprint density at radius 1 is 1.42 bits per heavy atom. The summed E-state index contributed by atoms with van der Waals surface area (Å²) in [5.74, 6) is 0.411. The van der Waals surface area contributed by atoms with Crippen molar-refractivity contribution in [2.45, 2.75) is 25.8 Å². The normalized spacial score (nSPS) is 17.6. The van der Waals surface area contributed by atoms with E-state index in [1.165, 1.54) is 0 Å². The van der Waals surface area contributed by atoms with Gasteiger partial charge in [-0.05, 0) is 44.3 Å². The monoisotopic (exact) mass is 285 g/mol. The molecule has 0 aromatic heterocycles. The quantitative estimate of drug-likeness (QED) is 0.660. The maximum Gasteiger partial charge on any atom is 0.272 e. The number of aryl methyl sites for hydroxylation is 1. The molecular formula is C13H20ClN3O2. The number of rotatable bonds is 3. The lowest BCUT2D eigenvalue weighted by molar-refractivity contribution is -0.385. The van der Waals surface area contributed by atoms with Crippen molar-refractivity contribution in [1.29, 1.82) is 0 Å². The summed E-state index contributed by atoms with van der Waals surface area (Å²) in [6.45, 7) is 3.70. The molecule has 1 aliphatic rings. The zero-order valence-corrected chi connectivity index (χ0v) is 11.8. The average Bonchev–Trinajstić information content (AvgIpc) is 2.39. The van der Waals surface area contributed by atoms with E-state index in [9.17, 15) is 10.1 Å². The SMILES string of the molecule is Cc1ccc([C@H](N)C2CCNCC2)cc1[N+](=O)[O-].Cl. The van der Waals surface area contributed by atoms with E-state index in [0.717, 1.165) is 31.5 Å². The molecule has 106 valence electrons. The molecule has 1 aromatic carbocycles. The maximum atomic E-state index is 10.9. The van der Waals surface area contributed by atoms with E-state index in [4.69, 9.17) is 5.73 Å². The average molecular weight is 286 g/mol. The minimum absolute atomic E-state index is 0. The Bertz CT molecular complexity index is 448. The summed E-state index contributed by atoms with van der Waals surface area (Å²) in [6, 6.07) is 5.22. The molecule has 6 heteroatoms. The first-order valence-electron chi connectivity index (χ1n) is 6.31. The first-order valence-corrected chi connectivity index (χ1v) is 6.31. The molecule has 1 saturated heterocycles. The first kappa shape index (κ1) is 15.9. The Kier molecular flexibility index (Phi) is 5.72. The summed E-state index contributed by atoms with van der Waals surface area (Å²) in [4.78, 5) is 10.6. The number of nitro benzene ring substituents is 1. The Morgan fingerprint density at radius 2 is 2.05 bits per heavy atom. The smallest absolute Gasteiger partial charge is 0.272 e. The first-order chi connectivity index (χ1) is 8.59. The Balaban J connectivity index is 0.00000180. The van der Waals surface area contributed by atoms with Gasteiger partial charge in [0.25, 0.3) is 5.69 Å². The van der Waals surface area contributed by atoms with Crippen LogP contribution in [-0.4, -0.2) is 18.0 Å². The summed E-state index contributed by atoms with van der Waals surface area (Å²) >= 11 is 0. The highest BCUT2D eigenvalue weighted by atomic mass is 35.5. The van der Waals surface area contributed by atoms with Crippen molar-refractivity contribution in [2.24, 2.45) is 11.7 Å². The number of nitrogens with one attached hydrogen (secondary N) is 1. The molecule has 2 rings (SSSR count). The van der Waals surface area contributed by atoms with Crippen LogP contribution in [-0.2, 0) is 0 Å². The second-order valence-corrected chi connectivity index (χ2v) is 4.92. The molecule has 3 N–H and O–H groups in total. The Hall–Kier alpha value is -1.17. The zero-order chi connectivity index (χ0) is 13.1. The summed E-state index contributed by atoms with van der Waals surface area (Å²) in [5, 5.41) is 14.2. The molecule has 0 aliphatic carbocycles. The van der Waals surface area contributed by atoms with Crippen LogP contribution in [0, 0.1) is 23.0 Å². The molecule has 0 amide bonds. The van der Waals surface area contributed by atoms with Crippen molar-refractivity contribution in [3.63, 3.8) is 0 Å². The van der Waals surface area contributed by atoms with Crippen LogP contribution in [0.15, 0.2) is 18.2 Å². The van der Waals surface area contributed by atoms with Crippen molar-refractivity contribution < 1.29 is 4.92 Å². The number of nitro groups is 1. The van der Waals surface area contributed by atoms with Gasteiger partial charge in [-0.2, -0.15) is 0 Å². The van der Waals surface area contributed by atoms with Crippen LogP contribution in [0.5, 0.6) is 0 Å². The predicted octanol–water partition coefficient (Wildman–Crippen LogP) is 2.32. The lowest BCUT2D eigenvalue weighted by atomic mass is 9.86. The van der Waals surface area contributed by atoms with Gasteiger partial charge in [-0.1, -0.05) is 12.1 Å². The highest BCUT2D eigenvalue weighted by molar-refractivity contribution is 5.85. The fourth-order valence-corrected chi connectivity index (χ4v) is 2.51. The van der Waals surface area contributed by atoms with Gasteiger partial charge in [-0.15, -0.1) is 12.4 Å². The largest absolute Gasteiger partial charge is 0.324 e. The number of piperidine rings is 1. The Labute approximate surface area is 119 Å². The lowest BCUT2D eigenvalue weighted by Crippen LogP contribution is -2.33. The third-order valence-electron chi connectivity index (χ3n) is 3.71. The molecule has 0 saturated carbocycles. The molecule has 1 atom stereocenters. The standard InChI is InChI=1S/C13H19N3O2.ClH/c1-9-2-3-11(8-12(9)16(17)18)13(14)10-4-6-15-7-5-10;/h2-3,8,10,13,15H,4-7,14H2,1H3;1H/t13-;/m1./s1. The molecule has 0 spiro atoms. The highest BCUT2D eigenvalue weighted by Gasteiger charge is 2.23. The number of nitrogens with zero attached hydrogens (tertiary/aromatic N) is 1. The minimum Gasteiger partial charge on any atom is -0.324 e. The van der Waals surface area contributed by atoms with Crippen LogP contribution in [0.3, 0.4) is 0 Å². The second kappa shape index (κ2) is 6.84. The van der Waals surface area contributed by atoms with Gasteiger partial charge in [0, 0.05) is 17.7 Å². The van der Waals surface area contributed by atoms with E-state index in [1.54, 1.807) is 19.1 Å². The van der Waals surface area contributed by atoms with E-state index in [0.29, 0.717) is 11.5 Å². The van der Waals surface area contributed by atoms with Gasteiger partial charge in [0.15, 0.2) is 0 Å². The van der Waals surface area contributed by atoms with Gasteiger partial charge in [-0.25, -0.2) is 0 Å². The number of nitrogens with two attached hydrogens (primary N) is 1. The molecule has 5 nitrogen and oxygen atoms in total. The number of hydrogen-bond donors (Lipinski definition) is 2. The third-order valence-corrected chi connectivity index (χ3v) is 3.71. The van der Waals surface area contributed by atoms with Crippen molar-refractivity contribution >= 4 is 18.1 Å². The summed E-state index contributed by atoms with van der Waals surface area (Å²) in [7, 11) is 0. The highest BCUT2D eigenvalue weighted by Crippen LogP contribution is 2.29. The molecule has 1 fully saturated rings. The predicted molar refractivity (Wildman–Crippen MR) is 77.6 cm³/mol. The van der Waals surface area contributed by atoms with Gasteiger partial charge in [0.05, 0.1) is 4.92 Å². The van der Waals surface area contributed by atoms with Gasteiger partial charge >= 0.3 is 0 Å². The number of hydrogen-bond acceptors (Lipinski definition) is 4. The molecule has 0 unspecified atom stereocenters.